The van der Waals surface area contributed by atoms with Crippen LogP contribution in [0.5, 0.6) is 5.75 Å². The highest BCUT2D eigenvalue weighted by Gasteiger charge is 2.37. The molecule has 1 heterocycles. The molecule has 33 heavy (non-hydrogen) atoms. The molecule has 0 spiro atoms. The van der Waals surface area contributed by atoms with Crippen molar-refractivity contribution in [1.82, 2.24) is 0 Å². The van der Waals surface area contributed by atoms with Crippen molar-refractivity contribution in [3.63, 3.8) is 0 Å². The molecule has 7 heteroatoms. The Balaban J connectivity index is 1.57. The van der Waals surface area contributed by atoms with Crippen LogP contribution in [0.3, 0.4) is 0 Å². The quantitative estimate of drug-likeness (QED) is 0.564. The van der Waals surface area contributed by atoms with Gasteiger partial charge in [0.05, 0.1) is 24.9 Å². The fourth-order valence-corrected chi connectivity index (χ4v) is 3.62. The first-order valence-corrected chi connectivity index (χ1v) is 10.5. The maximum atomic E-state index is 13.2. The Bertz CT molecular complexity index is 1190. The number of nitrogens with zero attached hydrogens (tertiary/aromatic N) is 1. The molecule has 1 aliphatic rings. The van der Waals surface area contributed by atoms with Gasteiger partial charge in [-0.05, 0) is 48.0 Å². The van der Waals surface area contributed by atoms with Crippen molar-refractivity contribution in [1.29, 1.82) is 0 Å². The summed E-state index contributed by atoms with van der Waals surface area (Å²) in [5.74, 6) is -0.522. The van der Waals surface area contributed by atoms with Crippen LogP contribution in [0.2, 0.25) is 0 Å². The molecule has 1 aliphatic heterocycles. The van der Waals surface area contributed by atoms with E-state index in [1.807, 2.05) is 30.3 Å². The highest BCUT2D eigenvalue weighted by atomic mass is 16.5. The molecule has 166 valence electrons. The van der Waals surface area contributed by atoms with Gasteiger partial charge in [-0.2, -0.15) is 0 Å². The third-order valence-electron chi connectivity index (χ3n) is 5.24. The predicted octanol–water partition coefficient (Wildman–Crippen LogP) is 4.09. The molecule has 0 aromatic heterocycles. The van der Waals surface area contributed by atoms with E-state index in [0.717, 1.165) is 5.56 Å². The van der Waals surface area contributed by atoms with Crippen molar-refractivity contribution < 1.29 is 19.1 Å². The molecule has 0 saturated carbocycles. The number of para-hydroxylation sites is 2. The molecule has 0 radical (unpaired) electrons. The van der Waals surface area contributed by atoms with E-state index < -0.39 is 11.9 Å². The molecule has 2 N–H and O–H groups in total. The number of hydrogen-bond acceptors (Lipinski definition) is 4. The molecular weight excluding hydrogens is 418 g/mol. The van der Waals surface area contributed by atoms with Crippen molar-refractivity contribution in [2.24, 2.45) is 0 Å². The van der Waals surface area contributed by atoms with Gasteiger partial charge in [-0.3, -0.25) is 19.3 Å². The van der Waals surface area contributed by atoms with Crippen molar-refractivity contribution in [3.05, 3.63) is 90.5 Å². The number of methoxy groups -OCH3 is 1. The van der Waals surface area contributed by atoms with Crippen LogP contribution in [0.1, 0.15) is 12.0 Å². The molecule has 1 atom stereocenters. The zero-order valence-electron chi connectivity index (χ0n) is 18.0. The maximum absolute atomic E-state index is 13.2. The van der Waals surface area contributed by atoms with Crippen LogP contribution in [0, 0.1) is 0 Å². The highest BCUT2D eigenvalue weighted by molar-refractivity contribution is 6.16. The summed E-state index contributed by atoms with van der Waals surface area (Å²) in [6.45, 7) is 0. The largest absolute Gasteiger partial charge is 0.497 e. The summed E-state index contributed by atoms with van der Waals surface area (Å²) >= 11 is 0. The molecule has 0 aliphatic carbocycles. The number of nitrogens with one attached hydrogen (secondary N) is 2. The maximum Gasteiger partial charge on any atom is 0.251 e. The van der Waals surface area contributed by atoms with Crippen molar-refractivity contribution in [3.8, 4) is 5.75 Å². The lowest BCUT2D eigenvalue weighted by atomic mass is 10.0. The number of ether oxygens (including phenoxy) is 1. The lowest BCUT2D eigenvalue weighted by molar-refractivity contribution is -0.124. The van der Waals surface area contributed by atoms with Crippen LogP contribution in [0.4, 0.5) is 17.1 Å². The Labute approximate surface area is 191 Å². The average Bonchev–Trinajstić information content (AvgIpc) is 2.84. The van der Waals surface area contributed by atoms with Gasteiger partial charge in [0.25, 0.3) is 5.91 Å². The molecule has 7 nitrogen and oxygen atoms in total. The van der Waals surface area contributed by atoms with E-state index in [4.69, 9.17) is 4.74 Å². The van der Waals surface area contributed by atoms with E-state index in [0.29, 0.717) is 22.8 Å². The zero-order chi connectivity index (χ0) is 23.2. The number of anilines is 3. The Morgan fingerprint density at radius 2 is 1.70 bits per heavy atom. The SMILES string of the molecule is COc1ccc(NC(=O)C[C@@H]2C(=O)Nc3ccccc3N2C(=O)/C=C/c2ccccc2)cc1. The Kier molecular flexibility index (Phi) is 6.50. The number of fused-ring (bicyclic) bond motifs is 1. The van der Waals surface area contributed by atoms with E-state index >= 15 is 0 Å². The summed E-state index contributed by atoms with van der Waals surface area (Å²) in [7, 11) is 1.56. The number of benzene rings is 3. The second-order valence-electron chi connectivity index (χ2n) is 7.46. The van der Waals surface area contributed by atoms with Gasteiger partial charge in [0.15, 0.2) is 0 Å². The van der Waals surface area contributed by atoms with Gasteiger partial charge in [0, 0.05) is 11.8 Å². The number of amides is 3. The first-order valence-electron chi connectivity index (χ1n) is 10.5. The van der Waals surface area contributed by atoms with E-state index in [1.165, 1.54) is 11.0 Å². The van der Waals surface area contributed by atoms with Gasteiger partial charge in [0.1, 0.15) is 11.8 Å². The Morgan fingerprint density at radius 3 is 2.42 bits per heavy atom. The van der Waals surface area contributed by atoms with Crippen LogP contribution in [-0.4, -0.2) is 30.9 Å². The summed E-state index contributed by atoms with van der Waals surface area (Å²) in [5, 5.41) is 5.57. The summed E-state index contributed by atoms with van der Waals surface area (Å²) in [6, 6.07) is 22.3. The van der Waals surface area contributed by atoms with E-state index in [9.17, 15) is 14.4 Å². The van der Waals surface area contributed by atoms with Gasteiger partial charge in [-0.1, -0.05) is 42.5 Å². The van der Waals surface area contributed by atoms with Gasteiger partial charge in [0.2, 0.25) is 11.8 Å². The molecule has 0 bridgehead atoms. The summed E-state index contributed by atoms with van der Waals surface area (Å²) in [5.41, 5.74) is 2.49. The molecule has 3 aromatic carbocycles. The Hall–Kier alpha value is -4.39. The van der Waals surface area contributed by atoms with Gasteiger partial charge < -0.3 is 15.4 Å². The molecule has 0 saturated heterocycles. The van der Waals surface area contributed by atoms with Crippen LogP contribution in [0.15, 0.2) is 84.9 Å². The number of hydrogen-bond donors (Lipinski definition) is 2. The van der Waals surface area contributed by atoms with Gasteiger partial charge >= 0.3 is 0 Å². The molecule has 3 amide bonds. The van der Waals surface area contributed by atoms with Crippen molar-refractivity contribution in [2.45, 2.75) is 12.5 Å². The van der Waals surface area contributed by atoms with Crippen LogP contribution in [-0.2, 0) is 14.4 Å². The predicted molar refractivity (Wildman–Crippen MR) is 128 cm³/mol. The van der Waals surface area contributed by atoms with Gasteiger partial charge in [-0.25, -0.2) is 0 Å². The number of rotatable bonds is 6. The fraction of sp³-hybridized carbons (Fsp3) is 0.115. The molecule has 3 aromatic rings. The lowest BCUT2D eigenvalue weighted by Gasteiger charge is -2.35. The Morgan fingerprint density at radius 1 is 1.00 bits per heavy atom. The first kappa shape index (κ1) is 21.8. The normalized spacial score (nSPS) is 15.0. The summed E-state index contributed by atoms with van der Waals surface area (Å²) < 4.78 is 5.12. The van der Waals surface area contributed by atoms with Crippen LogP contribution < -0.4 is 20.3 Å². The van der Waals surface area contributed by atoms with Crippen LogP contribution >= 0.6 is 0 Å². The third-order valence-corrected chi connectivity index (χ3v) is 5.24. The fourth-order valence-electron chi connectivity index (χ4n) is 3.62. The first-order chi connectivity index (χ1) is 16.0. The highest BCUT2D eigenvalue weighted by Crippen LogP contribution is 2.33. The van der Waals surface area contributed by atoms with Crippen molar-refractivity contribution in [2.75, 3.05) is 22.6 Å². The number of carbonyl (C=O) groups excluding carboxylic acids is 3. The molecule has 0 unspecified atom stereocenters. The monoisotopic (exact) mass is 441 g/mol. The minimum atomic E-state index is -0.994. The lowest BCUT2D eigenvalue weighted by Crippen LogP contribution is -2.52. The summed E-state index contributed by atoms with van der Waals surface area (Å²) in [6.07, 6.45) is 2.90. The zero-order valence-corrected chi connectivity index (χ0v) is 18.0. The average molecular weight is 441 g/mol. The third kappa shape index (κ3) is 5.10. The molecule has 0 fully saturated rings. The second-order valence-corrected chi connectivity index (χ2v) is 7.46. The standard InChI is InChI=1S/C26H23N3O4/c1-33-20-14-12-19(13-15-20)27-24(30)17-23-26(32)28-21-9-5-6-10-22(21)29(23)25(31)16-11-18-7-3-2-4-8-18/h2-16,23H,17H2,1H3,(H,27,30)(H,28,32)/b16-11+/t23-/m1/s1. The number of carbonyl (C=O) groups is 3. The topological polar surface area (TPSA) is 87.7 Å². The van der Waals surface area contributed by atoms with Gasteiger partial charge in [-0.15, -0.1) is 0 Å². The molecular formula is C26H23N3O4. The second kappa shape index (κ2) is 9.82. The summed E-state index contributed by atoms with van der Waals surface area (Å²) in [4.78, 5) is 40.2. The smallest absolute Gasteiger partial charge is 0.251 e. The van der Waals surface area contributed by atoms with E-state index in [1.54, 1.807) is 61.7 Å². The van der Waals surface area contributed by atoms with E-state index in [-0.39, 0.29) is 18.2 Å². The minimum Gasteiger partial charge on any atom is -0.497 e. The van der Waals surface area contributed by atoms with Crippen molar-refractivity contribution >= 4 is 40.9 Å². The minimum absolute atomic E-state index is 0.197. The molecule has 4 rings (SSSR count). The van der Waals surface area contributed by atoms with Crippen LogP contribution in [0.25, 0.3) is 6.08 Å². The van der Waals surface area contributed by atoms with E-state index in [2.05, 4.69) is 10.6 Å².